The fourth-order valence-electron chi connectivity index (χ4n) is 2.91. The largest absolute Gasteiger partial charge is 0.481 e. The molecule has 25 heavy (non-hydrogen) atoms. The molecule has 8 heteroatoms. The van der Waals surface area contributed by atoms with Crippen molar-refractivity contribution in [2.75, 3.05) is 19.6 Å². The highest BCUT2D eigenvalue weighted by Crippen LogP contribution is 2.16. The van der Waals surface area contributed by atoms with Crippen LogP contribution in [0.1, 0.15) is 31.2 Å². The Morgan fingerprint density at radius 3 is 2.64 bits per heavy atom. The minimum atomic E-state index is -0.847. The third-order valence-electron chi connectivity index (χ3n) is 4.37. The normalized spacial score (nSPS) is 17.1. The molecular weight excluding hydrogens is 326 g/mol. The van der Waals surface area contributed by atoms with Crippen LogP contribution in [0.15, 0.2) is 24.3 Å². The second-order valence-electron chi connectivity index (χ2n) is 6.24. The molecule has 0 aromatic heterocycles. The second kappa shape index (κ2) is 9.00. The number of likely N-dealkylation sites (tertiary alicyclic amines) is 1. The summed E-state index contributed by atoms with van der Waals surface area (Å²) in [7, 11) is 0. The van der Waals surface area contributed by atoms with Crippen LogP contribution in [0.5, 0.6) is 0 Å². The van der Waals surface area contributed by atoms with Gasteiger partial charge in [-0.15, -0.1) is 0 Å². The zero-order valence-electron chi connectivity index (χ0n) is 14.0. The highest BCUT2D eigenvalue weighted by molar-refractivity contribution is 5.76. The number of rotatable bonds is 7. The number of carboxylic acid groups (broad SMARTS) is 1. The number of nitro groups is 1. The van der Waals surface area contributed by atoms with Gasteiger partial charge in [0.05, 0.1) is 10.8 Å². The number of unbranched alkanes of at least 4 members (excludes halogenated alkanes) is 1. The summed E-state index contributed by atoms with van der Waals surface area (Å²) in [5.74, 6) is -1.32. The number of nitro benzene ring substituents is 1. The topological polar surface area (TPSA) is 113 Å². The Kier molecular flexibility index (Phi) is 6.73. The first-order chi connectivity index (χ1) is 12.0. The molecule has 136 valence electrons. The van der Waals surface area contributed by atoms with Gasteiger partial charge in [0.25, 0.3) is 5.69 Å². The number of carbonyl (C=O) groups is 2. The summed E-state index contributed by atoms with van der Waals surface area (Å²) in [6, 6.07) is 6.27. The molecule has 0 radical (unpaired) electrons. The van der Waals surface area contributed by atoms with Crippen LogP contribution in [0.4, 0.5) is 10.5 Å². The summed E-state index contributed by atoms with van der Waals surface area (Å²) in [4.78, 5) is 34.8. The lowest BCUT2D eigenvalue weighted by molar-refractivity contribution is -0.384. The van der Waals surface area contributed by atoms with Gasteiger partial charge in [0.1, 0.15) is 0 Å². The Hall–Kier alpha value is -2.64. The maximum absolute atomic E-state index is 12.1. The van der Waals surface area contributed by atoms with Crippen LogP contribution in [0.25, 0.3) is 0 Å². The van der Waals surface area contributed by atoms with Gasteiger partial charge in [0.2, 0.25) is 0 Å². The lowest BCUT2D eigenvalue weighted by Gasteiger charge is -2.30. The van der Waals surface area contributed by atoms with Gasteiger partial charge in [-0.2, -0.15) is 0 Å². The number of amides is 2. The van der Waals surface area contributed by atoms with Gasteiger partial charge in [-0.1, -0.05) is 12.1 Å². The van der Waals surface area contributed by atoms with Crippen LogP contribution in [-0.2, 0) is 11.2 Å². The van der Waals surface area contributed by atoms with Gasteiger partial charge in [-0.3, -0.25) is 14.9 Å². The van der Waals surface area contributed by atoms with Crippen molar-refractivity contribution in [3.63, 3.8) is 0 Å². The van der Waals surface area contributed by atoms with Crippen molar-refractivity contribution in [2.45, 2.75) is 32.1 Å². The quantitative estimate of drug-likeness (QED) is 0.446. The molecule has 1 heterocycles. The molecule has 2 N–H and O–H groups in total. The summed E-state index contributed by atoms with van der Waals surface area (Å²) >= 11 is 0. The number of aryl methyl sites for hydroxylation is 1. The number of urea groups is 1. The van der Waals surface area contributed by atoms with Gasteiger partial charge in [0.15, 0.2) is 0 Å². The molecule has 1 aliphatic rings. The first-order valence-electron chi connectivity index (χ1n) is 8.46. The number of piperidine rings is 1. The molecule has 0 aliphatic carbocycles. The standard InChI is InChI=1S/C17H23N3O5/c21-16(22)14-5-3-11-19(12-14)17(23)18-10-2-1-4-13-6-8-15(9-7-13)20(24)25/h6-9,14H,1-5,10-12H2,(H,18,23)(H,21,22). The molecule has 1 aliphatic heterocycles. The third kappa shape index (κ3) is 5.74. The number of carboxylic acids is 1. The number of aliphatic carboxylic acids is 1. The van der Waals surface area contributed by atoms with E-state index in [2.05, 4.69) is 5.32 Å². The summed E-state index contributed by atoms with van der Waals surface area (Å²) in [6.07, 6.45) is 3.77. The van der Waals surface area contributed by atoms with Gasteiger partial charge in [-0.05, 0) is 37.7 Å². The zero-order chi connectivity index (χ0) is 18.2. The SMILES string of the molecule is O=C(O)C1CCCN(C(=O)NCCCCc2ccc([N+](=O)[O-])cc2)C1. The number of nitrogens with zero attached hydrogens (tertiary/aromatic N) is 2. The maximum Gasteiger partial charge on any atom is 0.317 e. The number of benzene rings is 1. The van der Waals surface area contributed by atoms with E-state index in [1.54, 1.807) is 17.0 Å². The smallest absolute Gasteiger partial charge is 0.317 e. The highest BCUT2D eigenvalue weighted by atomic mass is 16.6. The van der Waals surface area contributed by atoms with E-state index in [4.69, 9.17) is 5.11 Å². The van der Waals surface area contributed by atoms with Gasteiger partial charge in [0, 0.05) is 31.8 Å². The number of non-ortho nitro benzene ring substituents is 1. The zero-order valence-corrected chi connectivity index (χ0v) is 14.0. The third-order valence-corrected chi connectivity index (χ3v) is 4.37. The first kappa shape index (κ1) is 18.7. The van der Waals surface area contributed by atoms with Crippen LogP contribution in [-0.4, -0.2) is 46.6 Å². The molecule has 1 saturated heterocycles. The summed E-state index contributed by atoms with van der Waals surface area (Å²) in [6.45, 7) is 1.39. The van der Waals surface area contributed by atoms with Crippen LogP contribution in [0.3, 0.4) is 0 Å². The fourth-order valence-corrected chi connectivity index (χ4v) is 2.91. The molecule has 0 bridgehead atoms. The van der Waals surface area contributed by atoms with Crippen LogP contribution in [0, 0.1) is 16.0 Å². The monoisotopic (exact) mass is 349 g/mol. The van der Waals surface area contributed by atoms with Crippen molar-refractivity contribution in [2.24, 2.45) is 5.92 Å². The van der Waals surface area contributed by atoms with Crippen molar-refractivity contribution < 1.29 is 19.6 Å². The van der Waals surface area contributed by atoms with Crippen LogP contribution >= 0.6 is 0 Å². The first-order valence-corrected chi connectivity index (χ1v) is 8.46. The molecule has 2 amide bonds. The van der Waals surface area contributed by atoms with Crippen molar-refractivity contribution in [1.29, 1.82) is 0 Å². The van der Waals surface area contributed by atoms with Gasteiger partial charge >= 0.3 is 12.0 Å². The van der Waals surface area contributed by atoms with E-state index in [1.165, 1.54) is 12.1 Å². The Morgan fingerprint density at radius 1 is 1.28 bits per heavy atom. The van der Waals surface area contributed by atoms with E-state index in [1.807, 2.05) is 0 Å². The van der Waals surface area contributed by atoms with Crippen LogP contribution < -0.4 is 5.32 Å². The molecule has 0 spiro atoms. The second-order valence-corrected chi connectivity index (χ2v) is 6.24. The van der Waals surface area contributed by atoms with E-state index in [-0.39, 0.29) is 18.3 Å². The Labute approximate surface area is 146 Å². The summed E-state index contributed by atoms with van der Waals surface area (Å²) in [5.41, 5.74) is 1.11. The number of hydrogen-bond donors (Lipinski definition) is 2. The Balaban J connectivity index is 1.64. The number of nitrogens with one attached hydrogen (secondary N) is 1. The average Bonchev–Trinajstić information content (AvgIpc) is 2.61. The maximum atomic E-state index is 12.1. The average molecular weight is 349 g/mol. The van der Waals surface area contributed by atoms with Crippen molar-refractivity contribution >= 4 is 17.7 Å². The molecule has 8 nitrogen and oxygen atoms in total. The molecule has 0 saturated carbocycles. The summed E-state index contributed by atoms with van der Waals surface area (Å²) < 4.78 is 0. The van der Waals surface area contributed by atoms with E-state index in [0.717, 1.165) is 24.8 Å². The molecule has 1 unspecified atom stereocenters. The predicted octanol–water partition coefficient (Wildman–Crippen LogP) is 2.42. The summed E-state index contributed by atoms with van der Waals surface area (Å²) in [5, 5.41) is 22.5. The number of hydrogen-bond acceptors (Lipinski definition) is 4. The molecule has 1 aromatic carbocycles. The fraction of sp³-hybridized carbons (Fsp3) is 0.529. The molecular formula is C17H23N3O5. The van der Waals surface area contributed by atoms with Gasteiger partial charge < -0.3 is 15.3 Å². The number of carbonyl (C=O) groups excluding carboxylic acids is 1. The van der Waals surface area contributed by atoms with E-state index in [0.29, 0.717) is 25.9 Å². The van der Waals surface area contributed by atoms with E-state index >= 15 is 0 Å². The van der Waals surface area contributed by atoms with Crippen LogP contribution in [0.2, 0.25) is 0 Å². The van der Waals surface area contributed by atoms with Crippen molar-refractivity contribution in [3.8, 4) is 0 Å². The minimum Gasteiger partial charge on any atom is -0.481 e. The van der Waals surface area contributed by atoms with Crippen molar-refractivity contribution in [1.82, 2.24) is 10.2 Å². The van der Waals surface area contributed by atoms with E-state index in [9.17, 15) is 19.7 Å². The molecule has 1 aromatic rings. The predicted molar refractivity (Wildman–Crippen MR) is 91.4 cm³/mol. The Morgan fingerprint density at radius 2 is 2.00 bits per heavy atom. The molecule has 2 rings (SSSR count). The highest BCUT2D eigenvalue weighted by Gasteiger charge is 2.27. The Bertz CT molecular complexity index is 617. The lowest BCUT2D eigenvalue weighted by atomic mass is 9.99. The van der Waals surface area contributed by atoms with E-state index < -0.39 is 16.8 Å². The molecule has 1 atom stereocenters. The van der Waals surface area contributed by atoms with Gasteiger partial charge in [-0.25, -0.2) is 4.79 Å². The van der Waals surface area contributed by atoms with Crippen molar-refractivity contribution in [3.05, 3.63) is 39.9 Å². The molecule has 1 fully saturated rings. The lowest BCUT2D eigenvalue weighted by Crippen LogP contribution is -2.47. The minimum absolute atomic E-state index is 0.0807.